The fraction of sp³-hybridized carbons (Fsp3) is 0.650. The van der Waals surface area contributed by atoms with Gasteiger partial charge < -0.3 is 20.0 Å². The SMILES string of the molecule is CCOC(=O)c1c(NC(=O)C2C3CCC(C3)C2C(=O)[O-])sc2c1CCCC2. The van der Waals surface area contributed by atoms with E-state index in [0.29, 0.717) is 10.6 Å². The van der Waals surface area contributed by atoms with Crippen molar-refractivity contribution in [3.05, 3.63) is 16.0 Å². The van der Waals surface area contributed by atoms with Crippen LogP contribution in [0.2, 0.25) is 0 Å². The standard InChI is InChI=1S/C20H25NO5S/c1-2-26-20(25)16-12-5-3-4-6-13(12)27-18(16)21-17(22)14-10-7-8-11(9-10)15(14)19(23)24/h10-11,14-15H,2-9H2,1H3,(H,21,22)(H,23,24)/p-1. The number of fused-ring (bicyclic) bond motifs is 3. The summed E-state index contributed by atoms with van der Waals surface area (Å²) in [6, 6.07) is 0. The zero-order valence-corrected chi connectivity index (χ0v) is 16.2. The average molecular weight is 390 g/mol. The Morgan fingerprint density at radius 1 is 1.15 bits per heavy atom. The summed E-state index contributed by atoms with van der Waals surface area (Å²) in [7, 11) is 0. The molecule has 2 bridgehead atoms. The molecule has 1 N–H and O–H groups in total. The minimum atomic E-state index is -1.13. The van der Waals surface area contributed by atoms with E-state index < -0.39 is 23.8 Å². The van der Waals surface area contributed by atoms with Gasteiger partial charge in [0.2, 0.25) is 5.91 Å². The van der Waals surface area contributed by atoms with Gasteiger partial charge in [0, 0.05) is 22.7 Å². The van der Waals surface area contributed by atoms with Gasteiger partial charge in [-0.2, -0.15) is 0 Å². The number of carbonyl (C=O) groups is 3. The molecule has 0 spiro atoms. The first-order chi connectivity index (χ1) is 13.0. The number of nitrogens with one attached hydrogen (secondary N) is 1. The molecule has 146 valence electrons. The molecule has 4 unspecified atom stereocenters. The quantitative estimate of drug-likeness (QED) is 0.777. The molecule has 0 radical (unpaired) electrons. The third-order valence-corrected chi connectivity index (χ3v) is 7.59. The van der Waals surface area contributed by atoms with Crippen LogP contribution in [0.25, 0.3) is 0 Å². The van der Waals surface area contributed by atoms with Crippen LogP contribution in [0.1, 0.15) is 59.8 Å². The van der Waals surface area contributed by atoms with Crippen LogP contribution in [0, 0.1) is 23.7 Å². The highest BCUT2D eigenvalue weighted by Gasteiger charge is 2.51. The normalized spacial score (nSPS) is 28.6. The zero-order chi connectivity index (χ0) is 19.1. The van der Waals surface area contributed by atoms with Crippen molar-refractivity contribution in [2.45, 2.75) is 51.9 Å². The molecule has 1 amide bonds. The first-order valence-corrected chi connectivity index (χ1v) is 10.7. The Morgan fingerprint density at radius 2 is 1.85 bits per heavy atom. The number of ether oxygens (including phenoxy) is 1. The van der Waals surface area contributed by atoms with Crippen molar-refractivity contribution < 1.29 is 24.2 Å². The third-order valence-electron chi connectivity index (χ3n) is 6.38. The zero-order valence-electron chi connectivity index (χ0n) is 15.4. The maximum Gasteiger partial charge on any atom is 0.341 e. The van der Waals surface area contributed by atoms with Gasteiger partial charge in [-0.05, 0) is 69.3 Å². The first kappa shape index (κ1) is 18.5. The molecule has 2 saturated carbocycles. The smallest absolute Gasteiger partial charge is 0.341 e. The van der Waals surface area contributed by atoms with E-state index in [1.807, 2.05) is 0 Å². The molecule has 27 heavy (non-hydrogen) atoms. The Kier molecular flexibility index (Phi) is 4.97. The van der Waals surface area contributed by atoms with Crippen molar-refractivity contribution in [1.29, 1.82) is 0 Å². The maximum absolute atomic E-state index is 13.0. The van der Waals surface area contributed by atoms with Gasteiger partial charge >= 0.3 is 5.97 Å². The molecule has 2 fully saturated rings. The number of carboxylic acids is 1. The second-order valence-electron chi connectivity index (χ2n) is 7.83. The lowest BCUT2D eigenvalue weighted by atomic mass is 9.78. The van der Waals surface area contributed by atoms with Crippen LogP contribution in [0.15, 0.2) is 0 Å². The number of hydrogen-bond acceptors (Lipinski definition) is 6. The van der Waals surface area contributed by atoms with Crippen LogP contribution >= 0.6 is 11.3 Å². The van der Waals surface area contributed by atoms with Gasteiger partial charge in [-0.25, -0.2) is 4.79 Å². The number of amides is 1. The minimum Gasteiger partial charge on any atom is -0.550 e. The summed E-state index contributed by atoms with van der Waals surface area (Å²) in [4.78, 5) is 38.3. The number of hydrogen-bond donors (Lipinski definition) is 1. The lowest BCUT2D eigenvalue weighted by Gasteiger charge is -2.30. The fourth-order valence-corrected chi connectivity index (χ4v) is 6.56. The van der Waals surface area contributed by atoms with Gasteiger partial charge in [0.05, 0.1) is 12.2 Å². The molecule has 6 nitrogen and oxygen atoms in total. The number of anilines is 1. The van der Waals surface area contributed by atoms with Crippen LogP contribution < -0.4 is 10.4 Å². The Bertz CT molecular complexity index is 786. The summed E-state index contributed by atoms with van der Waals surface area (Å²) in [5.74, 6) is -2.97. The Hall–Kier alpha value is -1.89. The molecule has 1 heterocycles. The van der Waals surface area contributed by atoms with E-state index in [4.69, 9.17) is 4.74 Å². The second kappa shape index (κ2) is 7.26. The van der Waals surface area contributed by atoms with Crippen molar-refractivity contribution in [2.24, 2.45) is 23.7 Å². The van der Waals surface area contributed by atoms with Gasteiger partial charge in [-0.1, -0.05) is 0 Å². The van der Waals surface area contributed by atoms with Crippen molar-refractivity contribution in [3.8, 4) is 0 Å². The van der Waals surface area contributed by atoms with Gasteiger partial charge in [0.1, 0.15) is 5.00 Å². The predicted octanol–water partition coefficient (Wildman–Crippen LogP) is 2.15. The lowest BCUT2D eigenvalue weighted by molar-refractivity contribution is -0.314. The molecule has 1 aromatic rings. The van der Waals surface area contributed by atoms with E-state index in [2.05, 4.69) is 5.32 Å². The average Bonchev–Trinajstić information content (AvgIpc) is 3.33. The number of carboxylic acid groups (broad SMARTS) is 1. The highest BCUT2D eigenvalue weighted by molar-refractivity contribution is 7.17. The molecule has 4 rings (SSSR count). The van der Waals surface area contributed by atoms with Crippen molar-refractivity contribution in [3.63, 3.8) is 0 Å². The van der Waals surface area contributed by atoms with Crippen LogP contribution in [0.5, 0.6) is 0 Å². The highest BCUT2D eigenvalue weighted by atomic mass is 32.1. The summed E-state index contributed by atoms with van der Waals surface area (Å²) in [6.07, 6.45) is 6.32. The molecular formula is C20H24NO5S-. The van der Waals surface area contributed by atoms with E-state index in [1.54, 1.807) is 6.92 Å². The van der Waals surface area contributed by atoms with Gasteiger partial charge in [-0.15, -0.1) is 11.3 Å². The van der Waals surface area contributed by atoms with Crippen LogP contribution in [-0.2, 0) is 27.2 Å². The molecule has 3 aliphatic rings. The second-order valence-corrected chi connectivity index (χ2v) is 8.93. The summed E-state index contributed by atoms with van der Waals surface area (Å²) >= 11 is 1.44. The van der Waals surface area contributed by atoms with Crippen molar-refractivity contribution in [1.82, 2.24) is 0 Å². The van der Waals surface area contributed by atoms with E-state index in [1.165, 1.54) is 11.3 Å². The predicted molar refractivity (Wildman–Crippen MR) is 98.4 cm³/mol. The van der Waals surface area contributed by atoms with E-state index >= 15 is 0 Å². The molecule has 1 aromatic heterocycles. The molecule has 0 aromatic carbocycles. The number of aryl methyl sites for hydroxylation is 1. The molecule has 0 saturated heterocycles. The molecule has 0 aliphatic heterocycles. The lowest BCUT2D eigenvalue weighted by Crippen LogP contribution is -2.44. The van der Waals surface area contributed by atoms with E-state index in [-0.39, 0.29) is 24.3 Å². The van der Waals surface area contributed by atoms with Gasteiger partial charge in [0.25, 0.3) is 0 Å². The Balaban J connectivity index is 1.62. The summed E-state index contributed by atoms with van der Waals surface area (Å²) in [6.45, 7) is 2.03. The fourth-order valence-electron chi connectivity index (χ4n) is 5.28. The van der Waals surface area contributed by atoms with E-state index in [0.717, 1.165) is 55.4 Å². The van der Waals surface area contributed by atoms with Crippen LogP contribution in [-0.4, -0.2) is 24.5 Å². The Morgan fingerprint density at radius 3 is 2.56 bits per heavy atom. The largest absolute Gasteiger partial charge is 0.550 e. The van der Waals surface area contributed by atoms with Crippen molar-refractivity contribution in [2.75, 3.05) is 11.9 Å². The van der Waals surface area contributed by atoms with E-state index in [9.17, 15) is 19.5 Å². The summed E-state index contributed by atoms with van der Waals surface area (Å²) in [5, 5.41) is 15.0. The maximum atomic E-state index is 13.0. The molecular weight excluding hydrogens is 366 g/mol. The topological polar surface area (TPSA) is 95.5 Å². The van der Waals surface area contributed by atoms with Crippen LogP contribution in [0.4, 0.5) is 5.00 Å². The number of thiophene rings is 1. The number of rotatable bonds is 5. The first-order valence-electron chi connectivity index (χ1n) is 9.84. The Labute approximate surface area is 162 Å². The minimum absolute atomic E-state index is 0.0387. The summed E-state index contributed by atoms with van der Waals surface area (Å²) in [5.41, 5.74) is 1.46. The number of esters is 1. The van der Waals surface area contributed by atoms with Gasteiger partial charge in [-0.3, -0.25) is 4.79 Å². The monoisotopic (exact) mass is 390 g/mol. The number of carbonyl (C=O) groups excluding carboxylic acids is 3. The molecule has 3 aliphatic carbocycles. The van der Waals surface area contributed by atoms with Crippen LogP contribution in [0.3, 0.4) is 0 Å². The van der Waals surface area contributed by atoms with Crippen molar-refractivity contribution >= 4 is 34.2 Å². The molecule has 7 heteroatoms. The summed E-state index contributed by atoms with van der Waals surface area (Å²) < 4.78 is 5.22. The number of aliphatic carboxylic acids is 1. The third kappa shape index (κ3) is 3.16. The van der Waals surface area contributed by atoms with Gasteiger partial charge in [0.15, 0.2) is 0 Å². The molecule has 4 atom stereocenters. The highest BCUT2D eigenvalue weighted by Crippen LogP contribution is 2.52.